The summed E-state index contributed by atoms with van der Waals surface area (Å²) in [7, 11) is 1.48. The predicted molar refractivity (Wildman–Crippen MR) is 84.7 cm³/mol. The number of nitrogens with one attached hydrogen (secondary N) is 1. The molecule has 0 atom stereocenters. The van der Waals surface area contributed by atoms with Crippen LogP contribution in [0.5, 0.6) is 6.01 Å². The third-order valence-corrected chi connectivity index (χ3v) is 3.19. The van der Waals surface area contributed by atoms with Crippen molar-refractivity contribution in [3.63, 3.8) is 0 Å². The van der Waals surface area contributed by atoms with E-state index in [4.69, 9.17) is 16.3 Å². The molecule has 2 rings (SSSR count). The molecule has 0 spiro atoms. The molecule has 0 fully saturated rings. The zero-order valence-electron chi connectivity index (χ0n) is 12.3. The Morgan fingerprint density at radius 3 is 2.33 bits per heavy atom. The molecule has 0 saturated carbocycles. The SMILES string of the molecule is CCN(CC)c1ccc(Nc2nc(Cl)nc(OC)n2)cc1. The maximum absolute atomic E-state index is 5.81. The van der Waals surface area contributed by atoms with Crippen LogP contribution in [0.2, 0.25) is 5.28 Å². The van der Waals surface area contributed by atoms with E-state index in [1.807, 2.05) is 12.1 Å². The molecular weight excluding hydrogens is 290 g/mol. The zero-order valence-corrected chi connectivity index (χ0v) is 13.1. The standard InChI is InChI=1S/C14H18ClN5O/c1-4-20(5-2)11-8-6-10(7-9-11)16-13-17-12(15)18-14(19-13)21-3/h6-9H,4-5H2,1-3H3,(H,16,17,18,19). The largest absolute Gasteiger partial charge is 0.467 e. The average Bonchev–Trinajstić information content (AvgIpc) is 2.49. The average molecular weight is 308 g/mol. The first kappa shape index (κ1) is 15.3. The van der Waals surface area contributed by atoms with Crippen LogP contribution in [-0.2, 0) is 0 Å². The molecule has 112 valence electrons. The van der Waals surface area contributed by atoms with Gasteiger partial charge in [-0.1, -0.05) is 0 Å². The quantitative estimate of drug-likeness (QED) is 0.884. The molecule has 7 heteroatoms. The molecule has 0 unspecified atom stereocenters. The van der Waals surface area contributed by atoms with E-state index in [9.17, 15) is 0 Å². The van der Waals surface area contributed by atoms with Crippen molar-refractivity contribution < 1.29 is 4.74 Å². The van der Waals surface area contributed by atoms with Crippen molar-refractivity contribution in [1.29, 1.82) is 0 Å². The first-order chi connectivity index (χ1) is 10.2. The van der Waals surface area contributed by atoms with E-state index < -0.39 is 0 Å². The summed E-state index contributed by atoms with van der Waals surface area (Å²) in [5.74, 6) is 0.349. The van der Waals surface area contributed by atoms with Gasteiger partial charge in [-0.05, 0) is 49.7 Å². The van der Waals surface area contributed by atoms with Crippen LogP contribution in [0.25, 0.3) is 0 Å². The first-order valence-electron chi connectivity index (χ1n) is 6.73. The van der Waals surface area contributed by atoms with E-state index >= 15 is 0 Å². The molecule has 0 aliphatic heterocycles. The van der Waals surface area contributed by atoms with E-state index in [0.717, 1.165) is 18.8 Å². The van der Waals surface area contributed by atoms with E-state index in [0.29, 0.717) is 5.95 Å². The number of rotatable bonds is 6. The fraction of sp³-hybridized carbons (Fsp3) is 0.357. The molecule has 0 saturated heterocycles. The Morgan fingerprint density at radius 1 is 1.10 bits per heavy atom. The Bertz CT molecular complexity index is 586. The van der Waals surface area contributed by atoms with Crippen molar-refractivity contribution in [3.8, 4) is 6.01 Å². The van der Waals surface area contributed by atoms with Gasteiger partial charge < -0.3 is 15.0 Å². The Hall–Kier alpha value is -2.08. The lowest BCUT2D eigenvalue weighted by Crippen LogP contribution is -2.21. The lowest BCUT2D eigenvalue weighted by molar-refractivity contribution is 0.379. The second-order valence-corrected chi connectivity index (χ2v) is 4.60. The lowest BCUT2D eigenvalue weighted by atomic mass is 10.2. The molecule has 2 aromatic rings. The molecular formula is C14H18ClN5O. The summed E-state index contributed by atoms with van der Waals surface area (Å²) in [6, 6.07) is 8.22. The highest BCUT2D eigenvalue weighted by Gasteiger charge is 2.06. The summed E-state index contributed by atoms with van der Waals surface area (Å²) in [5.41, 5.74) is 2.05. The molecule has 6 nitrogen and oxygen atoms in total. The number of halogens is 1. The summed E-state index contributed by atoms with van der Waals surface area (Å²) in [6.07, 6.45) is 0. The first-order valence-corrected chi connectivity index (χ1v) is 7.11. The van der Waals surface area contributed by atoms with Crippen LogP contribution in [-0.4, -0.2) is 35.2 Å². The number of aromatic nitrogens is 3. The smallest absolute Gasteiger partial charge is 0.322 e. The second kappa shape index (κ2) is 7.08. The van der Waals surface area contributed by atoms with Gasteiger partial charge in [0.05, 0.1) is 7.11 Å². The highest BCUT2D eigenvalue weighted by molar-refractivity contribution is 6.28. The van der Waals surface area contributed by atoms with Gasteiger partial charge in [0.2, 0.25) is 11.2 Å². The molecule has 0 amide bonds. The van der Waals surface area contributed by atoms with E-state index in [2.05, 4.69) is 51.1 Å². The number of benzene rings is 1. The summed E-state index contributed by atoms with van der Waals surface area (Å²) < 4.78 is 4.96. The number of ether oxygens (including phenoxy) is 1. The molecule has 0 bridgehead atoms. The number of hydrogen-bond donors (Lipinski definition) is 1. The molecule has 0 aliphatic rings. The topological polar surface area (TPSA) is 63.2 Å². The Kier molecular flexibility index (Phi) is 5.16. The van der Waals surface area contributed by atoms with Crippen molar-refractivity contribution in [2.45, 2.75) is 13.8 Å². The van der Waals surface area contributed by atoms with Crippen LogP contribution >= 0.6 is 11.6 Å². The van der Waals surface area contributed by atoms with Crippen LogP contribution in [0.4, 0.5) is 17.3 Å². The highest BCUT2D eigenvalue weighted by atomic mass is 35.5. The van der Waals surface area contributed by atoms with Gasteiger partial charge in [-0.2, -0.15) is 15.0 Å². The molecule has 1 heterocycles. The monoisotopic (exact) mass is 307 g/mol. The molecule has 1 aromatic heterocycles. The van der Waals surface area contributed by atoms with Crippen LogP contribution in [0.3, 0.4) is 0 Å². The van der Waals surface area contributed by atoms with Gasteiger partial charge in [0.15, 0.2) is 0 Å². The summed E-state index contributed by atoms with van der Waals surface area (Å²) in [5, 5.41) is 3.16. The van der Waals surface area contributed by atoms with Crippen LogP contribution in [0.15, 0.2) is 24.3 Å². The van der Waals surface area contributed by atoms with Gasteiger partial charge in [0.1, 0.15) is 0 Å². The molecule has 0 radical (unpaired) electrons. The van der Waals surface area contributed by atoms with E-state index in [1.165, 1.54) is 12.8 Å². The third-order valence-electron chi connectivity index (χ3n) is 3.02. The zero-order chi connectivity index (χ0) is 15.2. The predicted octanol–water partition coefficient (Wildman–Crippen LogP) is 3.12. The Balaban J connectivity index is 2.15. The van der Waals surface area contributed by atoms with Crippen molar-refractivity contribution >= 4 is 28.9 Å². The minimum absolute atomic E-state index is 0.0871. The Labute approximate surface area is 129 Å². The molecule has 1 aromatic carbocycles. The summed E-state index contributed by atoms with van der Waals surface area (Å²) in [4.78, 5) is 14.2. The van der Waals surface area contributed by atoms with Crippen molar-refractivity contribution in [3.05, 3.63) is 29.5 Å². The fourth-order valence-electron chi connectivity index (χ4n) is 1.95. The summed E-state index contributed by atoms with van der Waals surface area (Å²) >= 11 is 5.81. The normalized spacial score (nSPS) is 10.3. The second-order valence-electron chi connectivity index (χ2n) is 4.26. The number of anilines is 3. The van der Waals surface area contributed by atoms with Gasteiger partial charge in [-0.25, -0.2) is 0 Å². The van der Waals surface area contributed by atoms with Gasteiger partial charge in [-0.15, -0.1) is 0 Å². The minimum atomic E-state index is 0.0871. The van der Waals surface area contributed by atoms with E-state index in [-0.39, 0.29) is 11.3 Å². The van der Waals surface area contributed by atoms with Gasteiger partial charge in [0, 0.05) is 24.5 Å². The third kappa shape index (κ3) is 3.95. The van der Waals surface area contributed by atoms with Gasteiger partial charge >= 0.3 is 6.01 Å². The maximum Gasteiger partial charge on any atom is 0.322 e. The fourth-order valence-corrected chi connectivity index (χ4v) is 2.10. The van der Waals surface area contributed by atoms with Gasteiger partial charge in [0.25, 0.3) is 0 Å². The maximum atomic E-state index is 5.81. The lowest BCUT2D eigenvalue weighted by Gasteiger charge is -2.21. The Morgan fingerprint density at radius 2 is 1.76 bits per heavy atom. The number of hydrogen-bond acceptors (Lipinski definition) is 6. The molecule has 21 heavy (non-hydrogen) atoms. The molecule has 1 N–H and O–H groups in total. The highest BCUT2D eigenvalue weighted by Crippen LogP contribution is 2.20. The number of methoxy groups -OCH3 is 1. The summed E-state index contributed by atoms with van der Waals surface area (Å²) in [6.45, 7) is 6.22. The van der Waals surface area contributed by atoms with Crippen LogP contribution in [0.1, 0.15) is 13.8 Å². The van der Waals surface area contributed by atoms with Crippen LogP contribution < -0.4 is 15.0 Å². The van der Waals surface area contributed by atoms with Crippen molar-refractivity contribution in [1.82, 2.24) is 15.0 Å². The van der Waals surface area contributed by atoms with E-state index in [1.54, 1.807) is 0 Å². The van der Waals surface area contributed by atoms with Crippen LogP contribution in [0, 0.1) is 0 Å². The minimum Gasteiger partial charge on any atom is -0.467 e. The van der Waals surface area contributed by atoms with Crippen molar-refractivity contribution in [2.75, 3.05) is 30.4 Å². The number of nitrogens with zero attached hydrogens (tertiary/aromatic N) is 4. The molecule has 0 aliphatic carbocycles. The van der Waals surface area contributed by atoms with Gasteiger partial charge in [-0.3, -0.25) is 0 Å². The van der Waals surface area contributed by atoms with Crippen molar-refractivity contribution in [2.24, 2.45) is 0 Å².